The lowest BCUT2D eigenvalue weighted by Crippen LogP contribution is -2.62. The molecule has 0 unspecified atom stereocenters. The standard InChI is InChI=1S/C34H28O22/c35-14-1-10(2-15(36)23(14)43)30(47)52-9-22-27(54-31(48)11-3-16(37)24(44)17(38)4-11)28(55-32(49)12-5-18(39)25(45)19(40)6-12)29(34(51)53-22)56-33(50)13-7-20(41)26(46)21(42)8-13/h1-8,22,27-29,34-46,51H,9H2/t22-,27+,28+,29-,34-/m1/s1. The number of phenols is 12. The molecule has 0 bridgehead atoms. The first-order chi connectivity index (χ1) is 26.3. The van der Waals surface area contributed by atoms with Crippen LogP contribution in [-0.2, 0) is 23.7 Å². The van der Waals surface area contributed by atoms with E-state index in [9.17, 15) is 85.6 Å². The summed E-state index contributed by atoms with van der Waals surface area (Å²) in [5, 5.41) is 129. The Morgan fingerprint density at radius 3 is 1.02 bits per heavy atom. The second-order valence-electron chi connectivity index (χ2n) is 11.7. The Morgan fingerprint density at radius 2 is 0.696 bits per heavy atom. The van der Waals surface area contributed by atoms with Crippen LogP contribution in [0.4, 0.5) is 0 Å². The first-order valence-corrected chi connectivity index (χ1v) is 15.4. The van der Waals surface area contributed by atoms with Crippen molar-refractivity contribution in [2.75, 3.05) is 6.61 Å². The molecule has 0 radical (unpaired) electrons. The second-order valence-corrected chi connectivity index (χ2v) is 11.7. The third-order valence-corrected chi connectivity index (χ3v) is 7.94. The molecule has 1 aliphatic heterocycles. The van der Waals surface area contributed by atoms with Gasteiger partial charge in [0.1, 0.15) is 12.7 Å². The monoisotopic (exact) mass is 788 g/mol. The van der Waals surface area contributed by atoms with Crippen LogP contribution >= 0.6 is 0 Å². The number of rotatable bonds is 9. The molecule has 1 heterocycles. The third kappa shape index (κ3) is 7.95. The predicted molar refractivity (Wildman–Crippen MR) is 175 cm³/mol. The summed E-state index contributed by atoms with van der Waals surface area (Å²) in [6.45, 7) is -1.09. The lowest BCUT2D eigenvalue weighted by molar-refractivity contribution is -0.284. The Labute approximate surface area is 310 Å². The fourth-order valence-electron chi connectivity index (χ4n) is 5.14. The highest BCUT2D eigenvalue weighted by atomic mass is 16.7. The molecular formula is C34H28O22. The van der Waals surface area contributed by atoms with Gasteiger partial charge in [0, 0.05) is 0 Å². The SMILES string of the molecule is O=C(OC[C@H]1O[C@@H](O)[C@H](OC(=O)c2cc(O)c(O)c(O)c2)[C@@H](OC(=O)c2cc(O)c(O)c(O)c2)[C@H]1OC(=O)c1cc(O)c(O)c(O)c1)c1cc(O)c(O)c(O)c1. The summed E-state index contributed by atoms with van der Waals surface area (Å²) in [5.74, 6) is -18.2. The molecule has 0 saturated carbocycles. The first-order valence-electron chi connectivity index (χ1n) is 15.4. The van der Waals surface area contributed by atoms with Gasteiger partial charge in [0.05, 0.1) is 22.3 Å². The molecule has 13 N–H and O–H groups in total. The van der Waals surface area contributed by atoms with Crippen LogP contribution in [0, 0.1) is 0 Å². The zero-order valence-corrected chi connectivity index (χ0v) is 27.7. The minimum atomic E-state index is -2.43. The smallest absolute Gasteiger partial charge is 0.339 e. The van der Waals surface area contributed by atoms with E-state index in [4.69, 9.17) is 23.7 Å². The van der Waals surface area contributed by atoms with Gasteiger partial charge in [-0.2, -0.15) is 0 Å². The molecule has 22 nitrogen and oxygen atoms in total. The number of aliphatic hydroxyl groups is 1. The van der Waals surface area contributed by atoms with Crippen molar-refractivity contribution in [1.82, 2.24) is 0 Å². The Morgan fingerprint density at radius 1 is 0.429 bits per heavy atom. The van der Waals surface area contributed by atoms with E-state index in [-0.39, 0.29) is 0 Å². The van der Waals surface area contributed by atoms with E-state index >= 15 is 0 Å². The molecule has 0 spiro atoms. The number of phenolic OH excluding ortho intramolecular Hbond substituents is 12. The maximum Gasteiger partial charge on any atom is 0.339 e. The molecule has 0 aliphatic carbocycles. The minimum Gasteiger partial charge on any atom is -0.504 e. The Hall–Kier alpha value is -7.72. The lowest BCUT2D eigenvalue weighted by atomic mass is 9.97. The fraction of sp³-hybridized carbons (Fsp3) is 0.176. The second kappa shape index (κ2) is 15.3. The zero-order valence-electron chi connectivity index (χ0n) is 27.7. The van der Waals surface area contributed by atoms with Crippen LogP contribution in [0.15, 0.2) is 48.5 Å². The number of carbonyl (C=O) groups excluding carboxylic acids is 4. The number of aliphatic hydroxyl groups excluding tert-OH is 1. The minimum absolute atomic E-state index is 0.570. The molecular weight excluding hydrogens is 760 g/mol. The average Bonchev–Trinajstić information content (AvgIpc) is 3.14. The van der Waals surface area contributed by atoms with Crippen LogP contribution in [0.1, 0.15) is 41.4 Å². The Kier molecular flexibility index (Phi) is 10.8. The molecule has 0 aromatic heterocycles. The fourth-order valence-corrected chi connectivity index (χ4v) is 5.14. The summed E-state index contributed by atoms with van der Waals surface area (Å²) in [6, 6.07) is 4.99. The highest BCUT2D eigenvalue weighted by Gasteiger charge is 2.53. The predicted octanol–water partition coefficient (Wildman–Crippen LogP) is 0.705. The van der Waals surface area contributed by atoms with E-state index in [2.05, 4.69) is 0 Å². The van der Waals surface area contributed by atoms with Crippen LogP contribution in [0.2, 0.25) is 0 Å². The highest BCUT2D eigenvalue weighted by Crippen LogP contribution is 2.40. The molecule has 1 aliphatic rings. The molecule has 5 rings (SSSR count). The van der Waals surface area contributed by atoms with Crippen LogP contribution in [0.5, 0.6) is 69.0 Å². The van der Waals surface area contributed by atoms with Gasteiger partial charge in [-0.15, -0.1) is 0 Å². The summed E-state index contributed by atoms with van der Waals surface area (Å²) >= 11 is 0. The lowest BCUT2D eigenvalue weighted by Gasteiger charge is -2.42. The molecule has 22 heteroatoms. The van der Waals surface area contributed by atoms with Gasteiger partial charge in [0.25, 0.3) is 0 Å². The van der Waals surface area contributed by atoms with Crippen molar-refractivity contribution in [3.8, 4) is 69.0 Å². The van der Waals surface area contributed by atoms with Gasteiger partial charge in [-0.05, 0) is 48.5 Å². The summed E-state index contributed by atoms with van der Waals surface area (Å²) in [5.41, 5.74) is -2.68. The Bertz CT molecular complexity index is 2140. The number of hydrogen-bond acceptors (Lipinski definition) is 22. The average molecular weight is 789 g/mol. The molecule has 5 atom stereocenters. The van der Waals surface area contributed by atoms with Crippen LogP contribution in [0.25, 0.3) is 0 Å². The van der Waals surface area contributed by atoms with Crippen LogP contribution in [-0.4, -0.2) is 128 Å². The molecule has 56 heavy (non-hydrogen) atoms. The summed E-state index contributed by atoms with van der Waals surface area (Å²) in [7, 11) is 0. The number of carbonyl (C=O) groups is 4. The molecule has 4 aromatic rings. The van der Waals surface area contributed by atoms with E-state index in [0.717, 1.165) is 0 Å². The quantitative estimate of drug-likeness (QED) is 0.0630. The molecule has 0 amide bonds. The number of ether oxygens (including phenoxy) is 5. The normalized spacial score (nSPS) is 19.1. The van der Waals surface area contributed by atoms with Crippen molar-refractivity contribution >= 4 is 23.9 Å². The first kappa shape index (κ1) is 39.5. The van der Waals surface area contributed by atoms with E-state index in [1.54, 1.807) is 0 Å². The summed E-state index contributed by atoms with van der Waals surface area (Å²) < 4.78 is 26.8. The number of hydrogen-bond donors (Lipinski definition) is 13. The molecule has 4 aromatic carbocycles. The third-order valence-electron chi connectivity index (χ3n) is 7.94. The van der Waals surface area contributed by atoms with Gasteiger partial charge < -0.3 is 90.1 Å². The Balaban J connectivity index is 1.57. The van der Waals surface area contributed by atoms with Crippen molar-refractivity contribution in [2.24, 2.45) is 0 Å². The van der Waals surface area contributed by atoms with Crippen molar-refractivity contribution in [1.29, 1.82) is 0 Å². The van der Waals surface area contributed by atoms with Crippen LogP contribution in [0.3, 0.4) is 0 Å². The number of esters is 4. The molecule has 1 fully saturated rings. The van der Waals surface area contributed by atoms with Crippen molar-refractivity contribution in [3.63, 3.8) is 0 Å². The van der Waals surface area contributed by atoms with Crippen molar-refractivity contribution in [3.05, 3.63) is 70.8 Å². The van der Waals surface area contributed by atoms with Gasteiger partial charge in [0.15, 0.2) is 93.6 Å². The van der Waals surface area contributed by atoms with Gasteiger partial charge in [-0.25, -0.2) is 19.2 Å². The topological polar surface area (TPSA) is 377 Å². The zero-order chi connectivity index (χ0) is 41.3. The summed E-state index contributed by atoms with van der Waals surface area (Å²) in [6.07, 6.45) is -11.2. The van der Waals surface area contributed by atoms with E-state index in [1.807, 2.05) is 0 Å². The molecule has 1 saturated heterocycles. The maximum absolute atomic E-state index is 13.5. The van der Waals surface area contributed by atoms with Gasteiger partial charge in [-0.3, -0.25) is 0 Å². The highest BCUT2D eigenvalue weighted by molar-refractivity contribution is 5.93. The van der Waals surface area contributed by atoms with Gasteiger partial charge >= 0.3 is 23.9 Å². The maximum atomic E-state index is 13.5. The summed E-state index contributed by atoms with van der Waals surface area (Å²) in [4.78, 5) is 53.1. The van der Waals surface area contributed by atoms with Crippen molar-refractivity contribution in [2.45, 2.75) is 30.7 Å². The molecule has 296 valence electrons. The van der Waals surface area contributed by atoms with Crippen LogP contribution < -0.4 is 0 Å². The number of benzene rings is 4. The van der Waals surface area contributed by atoms with Gasteiger partial charge in [-0.1, -0.05) is 0 Å². The largest absolute Gasteiger partial charge is 0.504 e. The van der Waals surface area contributed by atoms with E-state index in [0.29, 0.717) is 48.5 Å². The van der Waals surface area contributed by atoms with Crippen molar-refractivity contribution < 1.29 is 109 Å². The van der Waals surface area contributed by atoms with E-state index in [1.165, 1.54) is 0 Å². The van der Waals surface area contributed by atoms with Gasteiger partial charge in [0.2, 0.25) is 0 Å². The van der Waals surface area contributed by atoms with E-state index < -0.39 is 152 Å². The number of aromatic hydroxyl groups is 12.